The van der Waals surface area contributed by atoms with E-state index < -0.39 is 5.91 Å². The molecule has 0 fully saturated rings. The third-order valence-electron chi connectivity index (χ3n) is 5.65. The molecule has 2 aliphatic rings. The zero-order valence-electron chi connectivity index (χ0n) is 18.3. The highest BCUT2D eigenvalue weighted by molar-refractivity contribution is 6.36. The Morgan fingerprint density at radius 1 is 0.939 bits per heavy atom. The molecule has 3 aromatic carbocycles. The summed E-state index contributed by atoms with van der Waals surface area (Å²) in [5, 5.41) is 3.16. The first-order valence-electron chi connectivity index (χ1n) is 10.5. The van der Waals surface area contributed by atoms with Crippen LogP contribution >= 0.6 is 0 Å². The molecule has 166 valence electrons. The number of rotatable bonds is 6. The number of hydrogen-bond acceptors (Lipinski definition) is 6. The second kappa shape index (κ2) is 8.35. The summed E-state index contributed by atoms with van der Waals surface area (Å²) < 4.78 is 16.2. The number of imide groups is 1. The van der Waals surface area contributed by atoms with Gasteiger partial charge in [0.25, 0.3) is 11.8 Å². The standard InChI is InChI=1S/C26H22N2O5/c1-16-7-10-18(11-8-16)23-24(27-19-5-3-4-6-20(19)31-2)26(30)28(25(23)29)14-17-9-12-21-22(13-17)33-15-32-21/h3-13,27H,14-15H2,1-2H3. The van der Waals surface area contributed by atoms with Gasteiger partial charge in [-0.05, 0) is 42.3 Å². The number of methoxy groups -OCH3 is 1. The zero-order chi connectivity index (χ0) is 22.9. The summed E-state index contributed by atoms with van der Waals surface area (Å²) in [4.78, 5) is 28.3. The van der Waals surface area contributed by atoms with Crippen molar-refractivity contribution < 1.29 is 23.8 Å². The Morgan fingerprint density at radius 2 is 1.70 bits per heavy atom. The maximum atomic E-state index is 13.5. The highest BCUT2D eigenvalue weighted by Gasteiger charge is 2.39. The number of para-hydroxylation sites is 2. The number of benzene rings is 3. The lowest BCUT2D eigenvalue weighted by Crippen LogP contribution is -2.32. The molecule has 0 saturated heterocycles. The third kappa shape index (κ3) is 3.78. The van der Waals surface area contributed by atoms with E-state index in [0.717, 1.165) is 11.1 Å². The maximum Gasteiger partial charge on any atom is 0.278 e. The van der Waals surface area contributed by atoms with E-state index >= 15 is 0 Å². The van der Waals surface area contributed by atoms with Gasteiger partial charge >= 0.3 is 0 Å². The molecule has 7 heteroatoms. The Morgan fingerprint density at radius 3 is 2.48 bits per heavy atom. The molecule has 0 aliphatic carbocycles. The van der Waals surface area contributed by atoms with E-state index in [1.807, 2.05) is 49.4 Å². The Bertz CT molecular complexity index is 1280. The largest absolute Gasteiger partial charge is 0.495 e. The summed E-state index contributed by atoms with van der Waals surface area (Å²) in [5.74, 6) is 1.06. The second-order valence-corrected chi connectivity index (χ2v) is 7.83. The van der Waals surface area contributed by atoms with Crippen LogP contribution in [0.4, 0.5) is 5.69 Å². The fraction of sp³-hybridized carbons (Fsp3) is 0.154. The monoisotopic (exact) mass is 442 g/mol. The maximum absolute atomic E-state index is 13.5. The van der Waals surface area contributed by atoms with Crippen LogP contribution < -0.4 is 19.5 Å². The quantitative estimate of drug-likeness (QED) is 0.579. The second-order valence-electron chi connectivity index (χ2n) is 7.83. The van der Waals surface area contributed by atoms with Crippen molar-refractivity contribution in [2.75, 3.05) is 19.2 Å². The van der Waals surface area contributed by atoms with Gasteiger partial charge in [0.2, 0.25) is 6.79 Å². The molecule has 1 N–H and O–H groups in total. The molecule has 2 heterocycles. The van der Waals surface area contributed by atoms with Crippen molar-refractivity contribution in [3.63, 3.8) is 0 Å². The van der Waals surface area contributed by atoms with Gasteiger partial charge in [-0.3, -0.25) is 14.5 Å². The van der Waals surface area contributed by atoms with Crippen LogP contribution in [0, 0.1) is 6.92 Å². The number of nitrogens with one attached hydrogen (secondary N) is 1. The van der Waals surface area contributed by atoms with E-state index in [1.54, 1.807) is 31.4 Å². The number of carbonyl (C=O) groups excluding carboxylic acids is 2. The van der Waals surface area contributed by atoms with Crippen LogP contribution in [0.15, 0.2) is 72.4 Å². The Balaban J connectivity index is 1.52. The summed E-state index contributed by atoms with van der Waals surface area (Å²) in [6.45, 7) is 2.24. The molecule has 3 aromatic rings. The average Bonchev–Trinajstić information content (AvgIpc) is 3.38. The summed E-state index contributed by atoms with van der Waals surface area (Å²) >= 11 is 0. The minimum Gasteiger partial charge on any atom is -0.495 e. The molecule has 2 amide bonds. The van der Waals surface area contributed by atoms with Crippen molar-refractivity contribution in [1.82, 2.24) is 4.90 Å². The fourth-order valence-corrected chi connectivity index (χ4v) is 3.93. The number of fused-ring (bicyclic) bond motifs is 1. The number of carbonyl (C=O) groups is 2. The third-order valence-corrected chi connectivity index (χ3v) is 5.65. The van der Waals surface area contributed by atoms with Gasteiger partial charge in [0.15, 0.2) is 11.5 Å². The summed E-state index contributed by atoms with van der Waals surface area (Å²) in [7, 11) is 1.56. The normalized spacial score (nSPS) is 14.8. The minimum absolute atomic E-state index is 0.112. The molecular formula is C26H22N2O5. The molecule has 33 heavy (non-hydrogen) atoms. The topological polar surface area (TPSA) is 77.1 Å². The Hall–Kier alpha value is -4.26. The number of aryl methyl sites for hydroxylation is 1. The van der Waals surface area contributed by atoms with Gasteiger partial charge in [0.1, 0.15) is 11.4 Å². The molecule has 0 aromatic heterocycles. The highest BCUT2D eigenvalue weighted by Crippen LogP contribution is 2.36. The van der Waals surface area contributed by atoms with Gasteiger partial charge < -0.3 is 19.5 Å². The first-order valence-corrected chi connectivity index (χ1v) is 10.5. The lowest BCUT2D eigenvalue weighted by Gasteiger charge is -2.16. The molecule has 0 saturated carbocycles. The number of anilines is 1. The zero-order valence-corrected chi connectivity index (χ0v) is 18.3. The molecular weight excluding hydrogens is 420 g/mol. The van der Waals surface area contributed by atoms with Crippen molar-refractivity contribution in [2.45, 2.75) is 13.5 Å². The van der Waals surface area contributed by atoms with Crippen LogP contribution in [0.5, 0.6) is 17.2 Å². The molecule has 5 rings (SSSR count). The van der Waals surface area contributed by atoms with E-state index in [9.17, 15) is 9.59 Å². The molecule has 0 atom stereocenters. The van der Waals surface area contributed by atoms with E-state index in [4.69, 9.17) is 14.2 Å². The minimum atomic E-state index is -0.404. The van der Waals surface area contributed by atoms with Gasteiger partial charge in [-0.1, -0.05) is 48.0 Å². The molecule has 2 aliphatic heterocycles. The van der Waals surface area contributed by atoms with Crippen LogP contribution in [-0.2, 0) is 16.1 Å². The summed E-state index contributed by atoms with van der Waals surface area (Å²) in [6, 6.07) is 20.2. The van der Waals surface area contributed by atoms with Crippen LogP contribution in [0.2, 0.25) is 0 Å². The Kier molecular flexibility index (Phi) is 5.22. The van der Waals surface area contributed by atoms with Crippen molar-refractivity contribution in [3.05, 3.63) is 89.1 Å². The van der Waals surface area contributed by atoms with Gasteiger partial charge in [-0.25, -0.2) is 0 Å². The van der Waals surface area contributed by atoms with Crippen LogP contribution in [0.1, 0.15) is 16.7 Å². The van der Waals surface area contributed by atoms with Gasteiger partial charge in [0, 0.05) is 0 Å². The van der Waals surface area contributed by atoms with Crippen LogP contribution in [0.3, 0.4) is 0 Å². The fourth-order valence-electron chi connectivity index (χ4n) is 3.93. The molecule has 0 unspecified atom stereocenters. The van der Waals surface area contributed by atoms with Crippen molar-refractivity contribution in [2.24, 2.45) is 0 Å². The molecule has 0 radical (unpaired) electrons. The van der Waals surface area contributed by atoms with E-state index in [0.29, 0.717) is 34.1 Å². The predicted octanol–water partition coefficient (Wildman–Crippen LogP) is 4.12. The smallest absolute Gasteiger partial charge is 0.278 e. The molecule has 0 spiro atoms. The number of amides is 2. The van der Waals surface area contributed by atoms with Gasteiger partial charge in [0.05, 0.1) is 24.9 Å². The molecule has 7 nitrogen and oxygen atoms in total. The van der Waals surface area contributed by atoms with Crippen molar-refractivity contribution in [3.8, 4) is 17.2 Å². The summed E-state index contributed by atoms with van der Waals surface area (Å²) in [5.41, 5.74) is 3.64. The van der Waals surface area contributed by atoms with Crippen LogP contribution in [-0.4, -0.2) is 30.6 Å². The average molecular weight is 442 g/mol. The van der Waals surface area contributed by atoms with Gasteiger partial charge in [-0.2, -0.15) is 0 Å². The van der Waals surface area contributed by atoms with Gasteiger partial charge in [-0.15, -0.1) is 0 Å². The lowest BCUT2D eigenvalue weighted by molar-refractivity contribution is -0.137. The number of nitrogens with zero attached hydrogens (tertiary/aromatic N) is 1. The SMILES string of the molecule is COc1ccccc1NC1=C(c2ccc(C)cc2)C(=O)N(Cc2ccc3c(c2)OCO3)C1=O. The Labute approximate surface area is 191 Å². The van der Waals surface area contributed by atoms with E-state index in [1.165, 1.54) is 4.90 Å². The summed E-state index contributed by atoms with van der Waals surface area (Å²) in [6.07, 6.45) is 0. The number of hydrogen-bond donors (Lipinski definition) is 1. The van der Waals surface area contributed by atoms with Crippen LogP contribution in [0.25, 0.3) is 5.57 Å². The van der Waals surface area contributed by atoms with Crippen molar-refractivity contribution in [1.29, 1.82) is 0 Å². The predicted molar refractivity (Wildman–Crippen MR) is 123 cm³/mol. The van der Waals surface area contributed by atoms with Crippen molar-refractivity contribution >= 4 is 23.1 Å². The molecule has 0 bridgehead atoms. The highest BCUT2D eigenvalue weighted by atomic mass is 16.7. The number of ether oxygens (including phenoxy) is 3. The lowest BCUT2D eigenvalue weighted by atomic mass is 10.0. The first-order chi connectivity index (χ1) is 16.0. The van der Waals surface area contributed by atoms with E-state index in [-0.39, 0.29) is 24.9 Å². The van der Waals surface area contributed by atoms with E-state index in [2.05, 4.69) is 5.32 Å². The first kappa shape index (κ1) is 20.6.